The maximum absolute atomic E-state index is 12.6. The SMILES string of the molecule is CCCC(O)c1ccc(N2C(=O)CC(=O)C2c2ccc(CCS(=O)(=O)NC)cc2)cc1. The maximum Gasteiger partial charge on any atom is 0.235 e. The molecular weight excluding hydrogens is 416 g/mol. The van der Waals surface area contributed by atoms with Gasteiger partial charge in [-0.15, -0.1) is 0 Å². The van der Waals surface area contributed by atoms with Gasteiger partial charge in [0.25, 0.3) is 0 Å². The Bertz CT molecular complexity index is 1030. The van der Waals surface area contributed by atoms with E-state index in [-0.39, 0.29) is 23.9 Å². The van der Waals surface area contributed by atoms with Crippen LogP contribution in [0.15, 0.2) is 48.5 Å². The van der Waals surface area contributed by atoms with Gasteiger partial charge in [0.15, 0.2) is 5.78 Å². The lowest BCUT2D eigenvalue weighted by Crippen LogP contribution is -2.28. The number of benzene rings is 2. The molecule has 2 unspecified atom stereocenters. The Morgan fingerprint density at radius 1 is 1.10 bits per heavy atom. The van der Waals surface area contributed by atoms with Crippen molar-refractivity contribution >= 4 is 27.4 Å². The highest BCUT2D eigenvalue weighted by molar-refractivity contribution is 7.89. The Morgan fingerprint density at radius 2 is 1.74 bits per heavy atom. The van der Waals surface area contributed by atoms with Gasteiger partial charge in [0.2, 0.25) is 15.9 Å². The normalized spacial score (nSPS) is 17.9. The number of aryl methyl sites for hydroxylation is 1. The van der Waals surface area contributed by atoms with Crippen LogP contribution in [0.4, 0.5) is 5.69 Å². The van der Waals surface area contributed by atoms with Gasteiger partial charge in [0.05, 0.1) is 18.3 Å². The van der Waals surface area contributed by atoms with E-state index in [9.17, 15) is 23.1 Å². The molecule has 0 radical (unpaired) electrons. The molecule has 0 spiro atoms. The molecule has 1 saturated heterocycles. The summed E-state index contributed by atoms with van der Waals surface area (Å²) in [6.07, 6.45) is 1.16. The first-order chi connectivity index (χ1) is 14.8. The topological polar surface area (TPSA) is 104 Å². The minimum atomic E-state index is -3.29. The number of hydrogen-bond acceptors (Lipinski definition) is 5. The van der Waals surface area contributed by atoms with Gasteiger partial charge in [-0.25, -0.2) is 13.1 Å². The number of Topliss-reactive ketones (excluding diaryl/α,β-unsaturated/α-hetero) is 1. The van der Waals surface area contributed by atoms with E-state index in [2.05, 4.69) is 4.72 Å². The van der Waals surface area contributed by atoms with E-state index in [0.29, 0.717) is 24.1 Å². The number of aliphatic hydroxyl groups is 1. The van der Waals surface area contributed by atoms with Crippen LogP contribution in [0.3, 0.4) is 0 Å². The van der Waals surface area contributed by atoms with E-state index in [0.717, 1.165) is 17.5 Å². The number of sulfonamides is 1. The Morgan fingerprint density at radius 3 is 2.32 bits per heavy atom. The fourth-order valence-electron chi connectivity index (χ4n) is 3.76. The lowest BCUT2D eigenvalue weighted by Gasteiger charge is -2.25. The summed E-state index contributed by atoms with van der Waals surface area (Å²) in [7, 11) is -1.91. The Balaban J connectivity index is 1.81. The van der Waals surface area contributed by atoms with Gasteiger partial charge in [0, 0.05) is 5.69 Å². The van der Waals surface area contributed by atoms with Gasteiger partial charge < -0.3 is 5.11 Å². The van der Waals surface area contributed by atoms with E-state index in [1.54, 1.807) is 48.5 Å². The van der Waals surface area contributed by atoms with Gasteiger partial charge in [-0.3, -0.25) is 14.5 Å². The quantitative estimate of drug-likeness (QED) is 0.579. The Kier molecular flexibility index (Phi) is 7.25. The molecule has 1 fully saturated rings. The maximum atomic E-state index is 12.6. The van der Waals surface area contributed by atoms with Crippen LogP contribution in [-0.4, -0.2) is 38.0 Å². The van der Waals surface area contributed by atoms with Crippen molar-refractivity contribution in [3.05, 3.63) is 65.2 Å². The molecule has 2 N–H and O–H groups in total. The molecule has 3 rings (SSSR count). The summed E-state index contributed by atoms with van der Waals surface area (Å²) in [6.45, 7) is 2.00. The number of anilines is 1. The molecule has 0 saturated carbocycles. The average molecular weight is 445 g/mol. The van der Waals surface area contributed by atoms with Crippen LogP contribution < -0.4 is 9.62 Å². The molecule has 1 aliphatic rings. The number of nitrogens with zero attached hydrogens (tertiary/aromatic N) is 1. The van der Waals surface area contributed by atoms with Crippen LogP contribution in [0.2, 0.25) is 0 Å². The summed E-state index contributed by atoms with van der Waals surface area (Å²) in [4.78, 5) is 26.7. The van der Waals surface area contributed by atoms with Gasteiger partial charge in [-0.1, -0.05) is 49.7 Å². The van der Waals surface area contributed by atoms with Gasteiger partial charge >= 0.3 is 0 Å². The van der Waals surface area contributed by atoms with Gasteiger partial charge in [-0.05, 0) is 48.7 Å². The number of hydrogen-bond donors (Lipinski definition) is 2. The van der Waals surface area contributed by atoms with Crippen molar-refractivity contribution in [2.24, 2.45) is 0 Å². The molecule has 2 aromatic carbocycles. The molecular formula is C23H28N2O5S. The number of carbonyl (C=O) groups is 2. The summed E-state index contributed by atoms with van der Waals surface area (Å²) in [6, 6.07) is 13.5. The summed E-state index contributed by atoms with van der Waals surface area (Å²) >= 11 is 0. The molecule has 1 aliphatic heterocycles. The van der Waals surface area contributed by atoms with Crippen molar-refractivity contribution in [2.45, 2.75) is 44.8 Å². The van der Waals surface area contributed by atoms with E-state index in [1.807, 2.05) is 6.92 Å². The predicted octanol–water partition coefficient (Wildman–Crippen LogP) is 2.66. The van der Waals surface area contributed by atoms with E-state index in [1.165, 1.54) is 11.9 Å². The minimum absolute atomic E-state index is 0.0218. The number of aliphatic hydroxyl groups excluding tert-OH is 1. The summed E-state index contributed by atoms with van der Waals surface area (Å²) in [5.74, 6) is -0.460. The van der Waals surface area contributed by atoms with Crippen LogP contribution >= 0.6 is 0 Å². The second-order valence-electron chi connectivity index (χ2n) is 7.72. The zero-order valence-corrected chi connectivity index (χ0v) is 18.6. The first-order valence-corrected chi connectivity index (χ1v) is 12.0. The molecule has 1 heterocycles. The first-order valence-electron chi connectivity index (χ1n) is 10.4. The summed E-state index contributed by atoms with van der Waals surface area (Å²) in [5, 5.41) is 10.2. The lowest BCUT2D eigenvalue weighted by molar-refractivity contribution is -0.121. The Hall–Kier alpha value is -2.55. The molecule has 7 nitrogen and oxygen atoms in total. The third kappa shape index (κ3) is 5.39. The van der Waals surface area contributed by atoms with Crippen LogP contribution in [0.1, 0.15) is 55.0 Å². The highest BCUT2D eigenvalue weighted by atomic mass is 32.2. The van der Waals surface area contributed by atoms with Gasteiger partial charge in [0.1, 0.15) is 6.04 Å². The number of amides is 1. The number of nitrogens with one attached hydrogen (secondary N) is 1. The van der Waals surface area contributed by atoms with E-state index >= 15 is 0 Å². The number of rotatable bonds is 9. The molecule has 0 aromatic heterocycles. The third-order valence-electron chi connectivity index (χ3n) is 5.54. The first kappa shape index (κ1) is 23.1. The zero-order valence-electron chi connectivity index (χ0n) is 17.7. The van der Waals surface area contributed by atoms with Crippen molar-refractivity contribution < 1.29 is 23.1 Å². The van der Waals surface area contributed by atoms with Crippen molar-refractivity contribution in [3.63, 3.8) is 0 Å². The largest absolute Gasteiger partial charge is 0.388 e. The van der Waals surface area contributed by atoms with Crippen LogP contribution in [-0.2, 0) is 26.0 Å². The standard InChI is InChI=1S/C23H28N2O5S/c1-3-4-20(26)17-9-11-19(12-10-17)25-22(28)15-21(27)23(25)18-7-5-16(6-8-18)13-14-31(29,30)24-2/h5-12,20,23-24,26H,3-4,13-15H2,1-2H3. The minimum Gasteiger partial charge on any atom is -0.388 e. The molecule has 0 aliphatic carbocycles. The zero-order chi connectivity index (χ0) is 22.6. The van der Waals surface area contributed by atoms with Crippen molar-refractivity contribution in [1.82, 2.24) is 4.72 Å². The second kappa shape index (κ2) is 9.72. The highest BCUT2D eigenvalue weighted by Crippen LogP contribution is 2.35. The lowest BCUT2D eigenvalue weighted by atomic mass is 10.00. The molecule has 0 bridgehead atoms. The van der Waals surface area contributed by atoms with Crippen LogP contribution in [0.25, 0.3) is 0 Å². The fourth-order valence-corrected chi connectivity index (χ4v) is 4.47. The molecule has 2 aromatic rings. The van der Waals surface area contributed by atoms with Crippen molar-refractivity contribution in [3.8, 4) is 0 Å². The fraction of sp³-hybridized carbons (Fsp3) is 0.391. The average Bonchev–Trinajstić information content (AvgIpc) is 3.06. The number of carbonyl (C=O) groups excluding carboxylic acids is 2. The molecule has 31 heavy (non-hydrogen) atoms. The van der Waals surface area contributed by atoms with E-state index in [4.69, 9.17) is 0 Å². The monoisotopic (exact) mass is 444 g/mol. The third-order valence-corrected chi connectivity index (χ3v) is 6.90. The smallest absolute Gasteiger partial charge is 0.235 e. The highest BCUT2D eigenvalue weighted by Gasteiger charge is 2.40. The summed E-state index contributed by atoms with van der Waals surface area (Å²) < 4.78 is 25.5. The second-order valence-corrected chi connectivity index (χ2v) is 9.77. The van der Waals surface area contributed by atoms with Crippen molar-refractivity contribution in [2.75, 3.05) is 17.7 Å². The predicted molar refractivity (Wildman–Crippen MR) is 119 cm³/mol. The number of ketones is 1. The molecule has 166 valence electrons. The van der Waals surface area contributed by atoms with Gasteiger partial charge in [-0.2, -0.15) is 0 Å². The van der Waals surface area contributed by atoms with Crippen molar-refractivity contribution in [1.29, 1.82) is 0 Å². The molecule has 8 heteroatoms. The summed E-state index contributed by atoms with van der Waals surface area (Å²) in [5.41, 5.74) is 2.91. The molecule has 1 amide bonds. The van der Waals surface area contributed by atoms with E-state index < -0.39 is 22.2 Å². The van der Waals surface area contributed by atoms with Crippen LogP contribution in [0.5, 0.6) is 0 Å². The molecule has 2 atom stereocenters. The Labute approximate surface area is 183 Å². The van der Waals surface area contributed by atoms with Crippen LogP contribution in [0, 0.1) is 0 Å².